The van der Waals surface area contributed by atoms with Crippen LogP contribution < -0.4 is 10.6 Å². The second-order valence-electron chi connectivity index (χ2n) is 6.55. The van der Waals surface area contributed by atoms with Crippen LogP contribution in [0.3, 0.4) is 0 Å². The quantitative estimate of drug-likeness (QED) is 0.642. The summed E-state index contributed by atoms with van der Waals surface area (Å²) in [5, 5.41) is 6.87. The molecule has 4 nitrogen and oxygen atoms in total. The summed E-state index contributed by atoms with van der Waals surface area (Å²) in [6, 6.07) is 6.56. The van der Waals surface area contributed by atoms with Gasteiger partial charge in [-0.1, -0.05) is 18.2 Å². The fourth-order valence-electron chi connectivity index (χ4n) is 3.08. The molecule has 1 fully saturated rings. The van der Waals surface area contributed by atoms with Crippen LogP contribution in [0.5, 0.6) is 0 Å². The van der Waals surface area contributed by atoms with Crippen molar-refractivity contribution in [3.63, 3.8) is 0 Å². The van der Waals surface area contributed by atoms with Crippen LogP contribution in [0.15, 0.2) is 23.2 Å². The molecule has 126 valence electrons. The zero-order valence-corrected chi connectivity index (χ0v) is 15.0. The zero-order chi connectivity index (χ0) is 16.1. The van der Waals surface area contributed by atoms with Crippen LogP contribution in [0.1, 0.15) is 43.4 Å². The fraction of sp³-hybridized carbons (Fsp3) is 0.611. The summed E-state index contributed by atoms with van der Waals surface area (Å²) in [6.45, 7) is 8.50. The van der Waals surface area contributed by atoms with Crippen molar-refractivity contribution in [1.82, 2.24) is 10.6 Å². The monoisotopic (exact) mass is 333 g/mol. The molecule has 0 radical (unpaired) electrons. The minimum absolute atomic E-state index is 0.348. The smallest absolute Gasteiger partial charge is 0.191 e. The van der Waals surface area contributed by atoms with Crippen LogP contribution in [0.4, 0.5) is 0 Å². The van der Waals surface area contributed by atoms with E-state index in [1.54, 1.807) is 0 Å². The Morgan fingerprint density at radius 1 is 1.30 bits per heavy atom. The molecule has 2 N–H and O–H groups in total. The van der Waals surface area contributed by atoms with E-state index in [0.717, 1.165) is 32.3 Å². The molecule has 0 aromatic heterocycles. The normalized spacial score (nSPS) is 23.8. The topological polar surface area (TPSA) is 45.7 Å². The lowest BCUT2D eigenvalue weighted by Gasteiger charge is -2.24. The first-order valence-electron chi connectivity index (χ1n) is 8.53. The number of thioether (sulfide) groups is 1. The number of ether oxygens (including phenoxy) is 1. The molecule has 1 atom stereocenters. The van der Waals surface area contributed by atoms with Crippen LogP contribution >= 0.6 is 11.8 Å². The van der Waals surface area contributed by atoms with Crippen LogP contribution in [0.25, 0.3) is 0 Å². The third-order valence-corrected chi connectivity index (χ3v) is 6.02. The van der Waals surface area contributed by atoms with Gasteiger partial charge in [-0.05, 0) is 49.1 Å². The van der Waals surface area contributed by atoms with E-state index in [0.29, 0.717) is 11.3 Å². The number of benzene rings is 1. The number of hydrogen-bond donors (Lipinski definition) is 2. The summed E-state index contributed by atoms with van der Waals surface area (Å²) < 4.78 is 5.83. The summed E-state index contributed by atoms with van der Waals surface area (Å²) in [6.07, 6.45) is 2.61. The lowest BCUT2D eigenvalue weighted by atomic mass is 10.1. The lowest BCUT2D eigenvalue weighted by molar-refractivity contribution is 0.134. The third kappa shape index (κ3) is 4.42. The number of nitrogens with one attached hydrogen (secondary N) is 2. The van der Waals surface area contributed by atoms with E-state index in [1.807, 2.05) is 0 Å². The van der Waals surface area contributed by atoms with Crippen LogP contribution in [0.2, 0.25) is 0 Å². The Balaban J connectivity index is 1.59. The van der Waals surface area contributed by atoms with Crippen molar-refractivity contribution in [2.24, 2.45) is 4.99 Å². The van der Waals surface area contributed by atoms with Crippen molar-refractivity contribution in [2.75, 3.05) is 18.8 Å². The highest BCUT2D eigenvalue weighted by Gasteiger charge is 2.29. The molecule has 1 aromatic carbocycles. The molecule has 0 saturated carbocycles. The lowest BCUT2D eigenvalue weighted by Crippen LogP contribution is -2.43. The molecule has 2 heterocycles. The van der Waals surface area contributed by atoms with Crippen molar-refractivity contribution in [1.29, 1.82) is 0 Å². The van der Waals surface area contributed by atoms with Gasteiger partial charge in [-0.2, -0.15) is 11.8 Å². The van der Waals surface area contributed by atoms with Gasteiger partial charge >= 0.3 is 0 Å². The van der Waals surface area contributed by atoms with Gasteiger partial charge in [-0.25, -0.2) is 4.99 Å². The van der Waals surface area contributed by atoms with Gasteiger partial charge in [0.15, 0.2) is 5.96 Å². The molecule has 1 aromatic rings. The Hall–Kier alpha value is -1.20. The number of guanidine groups is 1. The Kier molecular flexibility index (Phi) is 5.49. The Labute approximate surface area is 143 Å². The average molecular weight is 334 g/mol. The number of nitrogens with zero attached hydrogens (tertiary/aromatic N) is 1. The predicted octanol–water partition coefficient (Wildman–Crippen LogP) is 3.06. The maximum absolute atomic E-state index is 5.48. The largest absolute Gasteiger partial charge is 0.372 e. The minimum Gasteiger partial charge on any atom is -0.372 e. The molecule has 2 aliphatic rings. The van der Waals surface area contributed by atoms with Gasteiger partial charge in [0.25, 0.3) is 0 Å². The van der Waals surface area contributed by atoms with Crippen LogP contribution in [-0.2, 0) is 24.5 Å². The van der Waals surface area contributed by atoms with Gasteiger partial charge < -0.3 is 15.4 Å². The van der Waals surface area contributed by atoms with Gasteiger partial charge in [0, 0.05) is 17.8 Å². The summed E-state index contributed by atoms with van der Waals surface area (Å²) >= 11 is 2.07. The Morgan fingerprint density at radius 2 is 2.17 bits per heavy atom. The number of aliphatic imine (C=N–C) groups is 1. The van der Waals surface area contributed by atoms with Crippen molar-refractivity contribution in [3.05, 3.63) is 34.9 Å². The summed E-state index contributed by atoms with van der Waals surface area (Å²) in [7, 11) is 0. The van der Waals surface area contributed by atoms with Crippen molar-refractivity contribution in [3.8, 4) is 0 Å². The van der Waals surface area contributed by atoms with Crippen LogP contribution in [-0.4, -0.2) is 29.5 Å². The molecule has 1 unspecified atom stereocenters. The van der Waals surface area contributed by atoms with E-state index in [9.17, 15) is 0 Å². The standard InChI is InChI=1S/C18H27N3OS/c1-3-19-17(21-13-18(2)7-4-8-23-18)20-10-14-5-6-15-11-22-12-16(15)9-14/h5-6,9H,3-4,7-8,10-13H2,1-2H3,(H2,19,20,21). The highest BCUT2D eigenvalue weighted by atomic mass is 32.2. The summed E-state index contributed by atoms with van der Waals surface area (Å²) in [5.74, 6) is 2.20. The van der Waals surface area contributed by atoms with E-state index in [-0.39, 0.29) is 0 Å². The highest BCUT2D eigenvalue weighted by molar-refractivity contribution is 8.00. The van der Waals surface area contributed by atoms with Crippen molar-refractivity contribution in [2.45, 2.75) is 51.2 Å². The van der Waals surface area contributed by atoms with E-state index in [4.69, 9.17) is 9.73 Å². The maximum atomic E-state index is 5.48. The molecule has 1 saturated heterocycles. The number of fused-ring (bicyclic) bond motifs is 1. The van der Waals surface area contributed by atoms with E-state index >= 15 is 0 Å². The summed E-state index contributed by atoms with van der Waals surface area (Å²) in [4.78, 5) is 4.75. The van der Waals surface area contributed by atoms with E-state index in [1.165, 1.54) is 35.3 Å². The van der Waals surface area contributed by atoms with Crippen molar-refractivity contribution >= 4 is 17.7 Å². The predicted molar refractivity (Wildman–Crippen MR) is 97.9 cm³/mol. The molecule has 5 heteroatoms. The molecular formula is C18H27N3OS. The fourth-order valence-corrected chi connectivity index (χ4v) is 4.33. The van der Waals surface area contributed by atoms with E-state index < -0.39 is 0 Å². The molecule has 3 rings (SSSR count). The average Bonchev–Trinajstić information content (AvgIpc) is 3.19. The first-order valence-corrected chi connectivity index (χ1v) is 9.52. The van der Waals surface area contributed by atoms with Crippen LogP contribution in [0, 0.1) is 0 Å². The first-order chi connectivity index (χ1) is 11.2. The van der Waals surface area contributed by atoms with Gasteiger partial charge in [0.1, 0.15) is 0 Å². The molecule has 23 heavy (non-hydrogen) atoms. The Bertz CT molecular complexity index is 567. The molecule has 0 amide bonds. The zero-order valence-electron chi connectivity index (χ0n) is 14.2. The molecule has 0 bridgehead atoms. The number of rotatable bonds is 5. The van der Waals surface area contributed by atoms with Crippen molar-refractivity contribution < 1.29 is 4.74 Å². The molecule has 2 aliphatic heterocycles. The van der Waals surface area contributed by atoms with Gasteiger partial charge in [-0.15, -0.1) is 0 Å². The molecule has 0 spiro atoms. The second kappa shape index (κ2) is 7.58. The minimum atomic E-state index is 0.348. The Morgan fingerprint density at radius 3 is 2.96 bits per heavy atom. The molecular weight excluding hydrogens is 306 g/mol. The molecule has 0 aliphatic carbocycles. The maximum Gasteiger partial charge on any atom is 0.191 e. The second-order valence-corrected chi connectivity index (χ2v) is 8.23. The van der Waals surface area contributed by atoms with E-state index in [2.05, 4.69) is 54.4 Å². The first kappa shape index (κ1) is 16.7. The van der Waals surface area contributed by atoms with Gasteiger partial charge in [-0.3, -0.25) is 0 Å². The third-order valence-electron chi connectivity index (χ3n) is 4.48. The van der Waals surface area contributed by atoms with Gasteiger partial charge in [0.05, 0.1) is 19.8 Å². The van der Waals surface area contributed by atoms with Gasteiger partial charge in [0.2, 0.25) is 0 Å². The summed E-state index contributed by atoms with van der Waals surface area (Å²) in [5.41, 5.74) is 3.87. The SMILES string of the molecule is CCNC(=NCc1ccc2c(c1)COC2)NCC1(C)CCCS1. The number of hydrogen-bond acceptors (Lipinski definition) is 3. The highest BCUT2D eigenvalue weighted by Crippen LogP contribution is 2.36.